The van der Waals surface area contributed by atoms with Gasteiger partial charge in [0, 0.05) is 30.1 Å². The van der Waals surface area contributed by atoms with Crippen LogP contribution < -0.4 is 5.32 Å². The molecule has 0 radical (unpaired) electrons. The van der Waals surface area contributed by atoms with Gasteiger partial charge in [-0.25, -0.2) is 4.98 Å². The summed E-state index contributed by atoms with van der Waals surface area (Å²) < 4.78 is 0. The number of nitrogens with one attached hydrogen (secondary N) is 1. The predicted octanol–water partition coefficient (Wildman–Crippen LogP) is 2.67. The van der Waals surface area contributed by atoms with E-state index in [0.717, 1.165) is 37.2 Å². The molecule has 0 aromatic carbocycles. The zero-order valence-electron chi connectivity index (χ0n) is 14.2. The lowest BCUT2D eigenvalue weighted by Gasteiger charge is -2.33. The van der Waals surface area contributed by atoms with Gasteiger partial charge in [-0.3, -0.25) is 9.59 Å². The summed E-state index contributed by atoms with van der Waals surface area (Å²) in [4.78, 5) is 32.7. The summed E-state index contributed by atoms with van der Waals surface area (Å²) in [6.07, 6.45) is 8.09. The number of amides is 2. The number of likely N-dealkylation sites (tertiary alicyclic amines) is 1. The SMILES string of the molecule is Cc1cnc([C@H](NC(=O)[C@@H]2CCCN(C(=O)C3CC3)C2)C2CC2)s1. The van der Waals surface area contributed by atoms with E-state index in [2.05, 4.69) is 17.2 Å². The number of nitrogens with zero attached hydrogens (tertiary/aromatic N) is 2. The molecular formula is C18H25N3O2S. The van der Waals surface area contributed by atoms with Crippen LogP contribution in [0.25, 0.3) is 0 Å². The quantitative estimate of drug-likeness (QED) is 0.891. The Kier molecular flexibility index (Phi) is 4.33. The molecule has 1 aromatic heterocycles. The van der Waals surface area contributed by atoms with Crippen LogP contribution in [0.15, 0.2) is 6.20 Å². The van der Waals surface area contributed by atoms with Crippen molar-refractivity contribution in [1.29, 1.82) is 0 Å². The molecule has 4 rings (SSSR count). The van der Waals surface area contributed by atoms with Crippen LogP contribution in [-0.2, 0) is 9.59 Å². The first-order valence-corrected chi connectivity index (χ1v) is 9.95. The number of aryl methyl sites for hydroxylation is 1. The van der Waals surface area contributed by atoms with E-state index in [0.29, 0.717) is 12.5 Å². The lowest BCUT2D eigenvalue weighted by atomic mass is 9.96. The number of carbonyl (C=O) groups is 2. The number of aromatic nitrogens is 1. The van der Waals surface area contributed by atoms with Crippen molar-refractivity contribution in [1.82, 2.24) is 15.2 Å². The van der Waals surface area contributed by atoms with E-state index in [1.165, 1.54) is 17.7 Å². The Hall–Kier alpha value is -1.43. The maximum Gasteiger partial charge on any atom is 0.225 e. The van der Waals surface area contributed by atoms with Gasteiger partial charge in [0.1, 0.15) is 5.01 Å². The van der Waals surface area contributed by atoms with Crippen molar-refractivity contribution in [3.05, 3.63) is 16.1 Å². The highest BCUT2D eigenvalue weighted by atomic mass is 32.1. The third-order valence-electron chi connectivity index (χ3n) is 5.33. The average molecular weight is 347 g/mol. The lowest BCUT2D eigenvalue weighted by Crippen LogP contribution is -2.46. The molecule has 2 amide bonds. The molecule has 3 aliphatic rings. The van der Waals surface area contributed by atoms with Crippen LogP contribution in [0.3, 0.4) is 0 Å². The Morgan fingerprint density at radius 1 is 1.25 bits per heavy atom. The van der Waals surface area contributed by atoms with Crippen molar-refractivity contribution in [2.75, 3.05) is 13.1 Å². The van der Waals surface area contributed by atoms with Gasteiger partial charge in [0.25, 0.3) is 0 Å². The molecule has 5 nitrogen and oxygen atoms in total. The number of hydrogen-bond acceptors (Lipinski definition) is 4. The summed E-state index contributed by atoms with van der Waals surface area (Å²) in [7, 11) is 0. The van der Waals surface area contributed by atoms with Crippen molar-refractivity contribution in [2.24, 2.45) is 17.8 Å². The summed E-state index contributed by atoms with van der Waals surface area (Å²) in [5.41, 5.74) is 0. The molecular weight excluding hydrogens is 322 g/mol. The third-order valence-corrected chi connectivity index (χ3v) is 6.32. The molecule has 0 unspecified atom stereocenters. The smallest absolute Gasteiger partial charge is 0.225 e. The second-order valence-corrected chi connectivity index (χ2v) is 8.80. The topological polar surface area (TPSA) is 62.3 Å². The number of hydrogen-bond donors (Lipinski definition) is 1. The van der Waals surface area contributed by atoms with Gasteiger partial charge in [0.2, 0.25) is 11.8 Å². The maximum atomic E-state index is 12.8. The van der Waals surface area contributed by atoms with E-state index in [1.54, 1.807) is 11.3 Å². The van der Waals surface area contributed by atoms with Crippen molar-refractivity contribution in [3.63, 3.8) is 0 Å². The van der Waals surface area contributed by atoms with Crippen molar-refractivity contribution >= 4 is 23.2 Å². The number of carbonyl (C=O) groups excluding carboxylic acids is 2. The van der Waals surface area contributed by atoms with Crippen LogP contribution in [0.4, 0.5) is 0 Å². The van der Waals surface area contributed by atoms with Gasteiger partial charge in [0.15, 0.2) is 0 Å². The van der Waals surface area contributed by atoms with Crippen LogP contribution in [0.5, 0.6) is 0 Å². The highest BCUT2D eigenvalue weighted by Gasteiger charge is 2.39. The second-order valence-electron chi connectivity index (χ2n) is 7.53. The molecule has 0 bridgehead atoms. The predicted molar refractivity (Wildman–Crippen MR) is 92.5 cm³/mol. The fourth-order valence-corrected chi connectivity index (χ4v) is 4.50. The molecule has 1 aromatic rings. The van der Waals surface area contributed by atoms with Gasteiger partial charge >= 0.3 is 0 Å². The molecule has 1 aliphatic heterocycles. The Balaban J connectivity index is 1.39. The van der Waals surface area contributed by atoms with E-state index in [-0.39, 0.29) is 29.7 Å². The van der Waals surface area contributed by atoms with Crippen molar-refractivity contribution < 1.29 is 9.59 Å². The first-order valence-electron chi connectivity index (χ1n) is 9.13. The lowest BCUT2D eigenvalue weighted by molar-refractivity contribution is -0.137. The minimum atomic E-state index is -0.0660. The fourth-order valence-electron chi connectivity index (χ4n) is 3.58. The first kappa shape index (κ1) is 16.1. The standard InChI is InChI=1S/C18H25N3O2S/c1-11-9-19-17(24-11)15(12-4-5-12)20-16(22)14-3-2-8-21(10-14)18(23)13-6-7-13/h9,12-15H,2-8,10H2,1H3,(H,20,22)/t14-,15-/m1/s1. The molecule has 1 saturated heterocycles. The summed E-state index contributed by atoms with van der Waals surface area (Å²) in [6.45, 7) is 3.46. The van der Waals surface area contributed by atoms with Crippen molar-refractivity contribution in [2.45, 2.75) is 51.5 Å². The molecule has 2 heterocycles. The molecule has 2 saturated carbocycles. The number of thiazole rings is 1. The number of piperidine rings is 1. The minimum absolute atomic E-state index is 0.0608. The first-order chi connectivity index (χ1) is 11.6. The Labute approximate surface area is 146 Å². The largest absolute Gasteiger partial charge is 0.346 e. The minimum Gasteiger partial charge on any atom is -0.346 e. The number of rotatable bonds is 5. The van der Waals surface area contributed by atoms with E-state index in [9.17, 15) is 9.59 Å². The molecule has 130 valence electrons. The molecule has 1 N–H and O–H groups in total. The molecule has 3 fully saturated rings. The van der Waals surface area contributed by atoms with Crippen LogP contribution in [0.2, 0.25) is 0 Å². The van der Waals surface area contributed by atoms with E-state index in [4.69, 9.17) is 0 Å². The molecule has 0 spiro atoms. The van der Waals surface area contributed by atoms with Crippen molar-refractivity contribution in [3.8, 4) is 0 Å². The molecule has 2 aliphatic carbocycles. The van der Waals surface area contributed by atoms with Gasteiger partial charge in [-0.05, 0) is 51.4 Å². The Bertz CT molecular complexity index is 636. The summed E-state index contributed by atoms with van der Waals surface area (Å²) >= 11 is 1.68. The van der Waals surface area contributed by atoms with Gasteiger partial charge in [-0.2, -0.15) is 0 Å². The summed E-state index contributed by atoms with van der Waals surface area (Å²) in [5.74, 6) is 1.08. The van der Waals surface area contributed by atoms with Gasteiger partial charge in [-0.1, -0.05) is 0 Å². The van der Waals surface area contributed by atoms with E-state index < -0.39 is 0 Å². The molecule has 2 atom stereocenters. The normalized spacial score (nSPS) is 25.4. The van der Waals surface area contributed by atoms with Gasteiger partial charge in [-0.15, -0.1) is 11.3 Å². The monoisotopic (exact) mass is 347 g/mol. The van der Waals surface area contributed by atoms with Crippen LogP contribution in [-0.4, -0.2) is 34.8 Å². The third kappa shape index (κ3) is 3.48. The van der Waals surface area contributed by atoms with E-state index >= 15 is 0 Å². The molecule has 24 heavy (non-hydrogen) atoms. The van der Waals surface area contributed by atoms with Gasteiger partial charge < -0.3 is 10.2 Å². The zero-order chi connectivity index (χ0) is 16.7. The van der Waals surface area contributed by atoms with Crippen LogP contribution in [0, 0.1) is 24.7 Å². The summed E-state index contributed by atoms with van der Waals surface area (Å²) in [6, 6.07) is 0.0608. The molecule has 6 heteroatoms. The average Bonchev–Trinajstić information content (AvgIpc) is 3.50. The van der Waals surface area contributed by atoms with Crippen LogP contribution in [0.1, 0.15) is 54.5 Å². The Morgan fingerprint density at radius 3 is 2.67 bits per heavy atom. The Morgan fingerprint density at radius 2 is 2.04 bits per heavy atom. The van der Waals surface area contributed by atoms with Crippen LogP contribution >= 0.6 is 11.3 Å². The van der Waals surface area contributed by atoms with Gasteiger partial charge in [0.05, 0.1) is 12.0 Å². The highest BCUT2D eigenvalue weighted by Crippen LogP contribution is 2.42. The maximum absolute atomic E-state index is 12.8. The fraction of sp³-hybridized carbons (Fsp3) is 0.722. The second kappa shape index (κ2) is 6.47. The zero-order valence-corrected chi connectivity index (χ0v) is 15.0. The van der Waals surface area contributed by atoms with E-state index in [1.807, 2.05) is 11.1 Å². The highest BCUT2D eigenvalue weighted by molar-refractivity contribution is 7.11. The summed E-state index contributed by atoms with van der Waals surface area (Å²) in [5, 5.41) is 4.29.